The lowest BCUT2D eigenvalue weighted by atomic mass is 9.88. The van der Waals surface area contributed by atoms with Crippen molar-refractivity contribution >= 4 is 40.0 Å². The maximum absolute atomic E-state index is 12.8. The predicted octanol–water partition coefficient (Wildman–Crippen LogP) is 2.69. The van der Waals surface area contributed by atoms with E-state index < -0.39 is 5.97 Å². The van der Waals surface area contributed by atoms with E-state index in [2.05, 4.69) is 16.0 Å². The van der Waals surface area contributed by atoms with Crippen LogP contribution in [0.1, 0.15) is 77.5 Å². The van der Waals surface area contributed by atoms with E-state index in [0.29, 0.717) is 28.5 Å². The van der Waals surface area contributed by atoms with Crippen molar-refractivity contribution in [3.8, 4) is 0 Å². The fourth-order valence-electron chi connectivity index (χ4n) is 4.67. The van der Waals surface area contributed by atoms with Crippen molar-refractivity contribution in [1.29, 1.82) is 0 Å². The van der Waals surface area contributed by atoms with Crippen LogP contribution in [0.2, 0.25) is 0 Å². The summed E-state index contributed by atoms with van der Waals surface area (Å²) in [6.45, 7) is 5.18. The molecule has 2 fully saturated rings. The van der Waals surface area contributed by atoms with Gasteiger partial charge in [-0.25, -0.2) is 4.79 Å². The Morgan fingerprint density at radius 1 is 1.06 bits per heavy atom. The Morgan fingerprint density at radius 3 is 2.35 bits per heavy atom. The summed E-state index contributed by atoms with van der Waals surface area (Å²) in [4.78, 5) is 52.4. The molecule has 0 aromatic carbocycles. The second-order valence-corrected chi connectivity index (χ2v) is 10.0. The average molecular weight is 493 g/mol. The van der Waals surface area contributed by atoms with E-state index in [-0.39, 0.29) is 48.4 Å². The Balaban J connectivity index is 1.54. The van der Waals surface area contributed by atoms with E-state index in [4.69, 9.17) is 4.74 Å². The van der Waals surface area contributed by atoms with Crippen LogP contribution in [0.5, 0.6) is 0 Å². The zero-order chi connectivity index (χ0) is 24.7. The van der Waals surface area contributed by atoms with Crippen LogP contribution in [-0.4, -0.2) is 67.9 Å². The molecule has 1 aromatic heterocycles. The van der Waals surface area contributed by atoms with Crippen LogP contribution in [0.3, 0.4) is 0 Å². The van der Waals surface area contributed by atoms with Gasteiger partial charge in [-0.3, -0.25) is 19.3 Å². The van der Waals surface area contributed by atoms with Crippen LogP contribution in [0.4, 0.5) is 5.00 Å². The smallest absolute Gasteiger partial charge is 0.341 e. The number of amides is 3. The third kappa shape index (κ3) is 6.56. The number of esters is 1. The SMILES string of the molecule is CCOC(=O)c1c(NC(=O)CN2CCC(NC(=O)C3CCCCC3)CC2)sc(C(=O)NC)c1C. The van der Waals surface area contributed by atoms with E-state index >= 15 is 0 Å². The minimum atomic E-state index is -0.559. The number of carbonyl (C=O) groups is 4. The minimum Gasteiger partial charge on any atom is -0.462 e. The fraction of sp³-hybridized carbons (Fsp3) is 0.667. The van der Waals surface area contributed by atoms with E-state index in [1.165, 1.54) is 13.5 Å². The molecule has 0 spiro atoms. The molecule has 10 heteroatoms. The first-order valence-corrected chi connectivity index (χ1v) is 13.0. The Labute approximate surface area is 205 Å². The number of nitrogens with one attached hydrogen (secondary N) is 3. The molecule has 188 valence electrons. The molecule has 1 aliphatic carbocycles. The molecule has 0 bridgehead atoms. The van der Waals surface area contributed by atoms with Crippen molar-refractivity contribution < 1.29 is 23.9 Å². The summed E-state index contributed by atoms with van der Waals surface area (Å²) in [5.74, 6) is -0.787. The lowest BCUT2D eigenvalue weighted by Crippen LogP contribution is -2.48. The van der Waals surface area contributed by atoms with Gasteiger partial charge in [0.05, 0.1) is 23.6 Å². The molecule has 2 heterocycles. The van der Waals surface area contributed by atoms with Gasteiger partial charge in [0.25, 0.3) is 5.91 Å². The Kier molecular flexibility index (Phi) is 9.46. The topological polar surface area (TPSA) is 117 Å². The quantitative estimate of drug-likeness (QED) is 0.481. The number of ether oxygens (including phenoxy) is 1. The van der Waals surface area contributed by atoms with Crippen molar-refractivity contribution in [1.82, 2.24) is 15.5 Å². The van der Waals surface area contributed by atoms with Crippen molar-refractivity contribution in [2.24, 2.45) is 5.92 Å². The Hall–Kier alpha value is -2.46. The number of hydrogen-bond acceptors (Lipinski definition) is 7. The highest BCUT2D eigenvalue weighted by Gasteiger charge is 2.28. The standard InChI is InChI=1S/C24H36N4O5S/c1-4-33-24(32)19-15(2)20(22(31)25-3)34-23(19)27-18(29)14-28-12-10-17(11-13-28)26-21(30)16-8-6-5-7-9-16/h16-17H,4-14H2,1-3H3,(H,25,31)(H,26,30)(H,27,29). The molecule has 9 nitrogen and oxygen atoms in total. The van der Waals surface area contributed by atoms with Crippen LogP contribution in [0, 0.1) is 12.8 Å². The molecule has 3 N–H and O–H groups in total. The maximum atomic E-state index is 12.8. The minimum absolute atomic E-state index is 0.152. The summed E-state index contributed by atoms with van der Waals surface area (Å²) in [6.07, 6.45) is 7.09. The van der Waals surface area contributed by atoms with Crippen molar-refractivity contribution in [2.45, 2.75) is 64.8 Å². The van der Waals surface area contributed by atoms with Crippen molar-refractivity contribution in [3.05, 3.63) is 16.0 Å². The molecule has 1 aliphatic heterocycles. The lowest BCUT2D eigenvalue weighted by Gasteiger charge is -2.33. The molecule has 1 saturated carbocycles. The molecule has 0 atom stereocenters. The summed E-state index contributed by atoms with van der Waals surface area (Å²) in [5.41, 5.74) is 0.718. The van der Waals surface area contributed by atoms with Gasteiger partial charge in [-0.05, 0) is 45.1 Å². The summed E-state index contributed by atoms with van der Waals surface area (Å²) in [5, 5.41) is 8.90. The molecular weight excluding hydrogens is 456 g/mol. The monoisotopic (exact) mass is 492 g/mol. The van der Waals surface area contributed by atoms with Gasteiger partial charge in [-0.15, -0.1) is 11.3 Å². The number of likely N-dealkylation sites (tertiary alicyclic amines) is 1. The van der Waals surface area contributed by atoms with E-state index in [9.17, 15) is 19.2 Å². The van der Waals surface area contributed by atoms with Crippen molar-refractivity contribution in [2.75, 3.05) is 38.6 Å². The van der Waals surface area contributed by atoms with Gasteiger partial charge < -0.3 is 20.7 Å². The lowest BCUT2D eigenvalue weighted by molar-refractivity contribution is -0.127. The highest BCUT2D eigenvalue weighted by Crippen LogP contribution is 2.34. The highest BCUT2D eigenvalue weighted by molar-refractivity contribution is 7.18. The molecule has 0 unspecified atom stereocenters. The zero-order valence-electron chi connectivity index (χ0n) is 20.3. The van der Waals surface area contributed by atoms with E-state index in [1.807, 2.05) is 4.90 Å². The molecule has 1 aromatic rings. The number of nitrogens with zero attached hydrogens (tertiary/aromatic N) is 1. The Morgan fingerprint density at radius 2 is 1.74 bits per heavy atom. The first kappa shape index (κ1) is 26.2. The first-order valence-electron chi connectivity index (χ1n) is 12.2. The number of piperidine rings is 1. The van der Waals surface area contributed by atoms with Crippen molar-refractivity contribution in [3.63, 3.8) is 0 Å². The van der Waals surface area contributed by atoms with Gasteiger partial charge in [0.2, 0.25) is 11.8 Å². The number of anilines is 1. The van der Waals surface area contributed by atoms with Gasteiger partial charge in [-0.1, -0.05) is 19.3 Å². The average Bonchev–Trinajstić information content (AvgIpc) is 3.15. The van der Waals surface area contributed by atoms with Gasteiger partial charge in [-0.2, -0.15) is 0 Å². The fourth-order valence-corrected chi connectivity index (χ4v) is 5.83. The number of hydrogen-bond donors (Lipinski definition) is 3. The molecule has 3 amide bonds. The second-order valence-electron chi connectivity index (χ2n) is 9.00. The summed E-state index contributed by atoms with van der Waals surface area (Å²) in [6, 6.07) is 0.152. The molecular formula is C24H36N4O5S. The predicted molar refractivity (Wildman–Crippen MR) is 131 cm³/mol. The van der Waals surface area contributed by atoms with Crippen LogP contribution >= 0.6 is 11.3 Å². The number of rotatable bonds is 8. The van der Waals surface area contributed by atoms with Crippen LogP contribution in [0.25, 0.3) is 0 Å². The summed E-state index contributed by atoms with van der Waals surface area (Å²) >= 11 is 1.07. The molecule has 0 radical (unpaired) electrons. The third-order valence-corrected chi connectivity index (χ3v) is 7.80. The molecule has 3 rings (SSSR count). The largest absolute Gasteiger partial charge is 0.462 e. The van der Waals surface area contributed by atoms with Crippen LogP contribution in [0.15, 0.2) is 0 Å². The van der Waals surface area contributed by atoms with E-state index in [0.717, 1.165) is 49.9 Å². The normalized spacial score (nSPS) is 17.7. The highest BCUT2D eigenvalue weighted by atomic mass is 32.1. The van der Waals surface area contributed by atoms with E-state index in [1.54, 1.807) is 13.8 Å². The summed E-state index contributed by atoms with van der Waals surface area (Å²) in [7, 11) is 1.52. The maximum Gasteiger partial charge on any atom is 0.341 e. The van der Waals surface area contributed by atoms with Gasteiger partial charge in [0.1, 0.15) is 5.00 Å². The molecule has 34 heavy (non-hydrogen) atoms. The van der Waals surface area contributed by atoms with Gasteiger partial charge in [0, 0.05) is 32.1 Å². The van der Waals surface area contributed by atoms with Gasteiger partial charge in [0.15, 0.2) is 0 Å². The first-order chi connectivity index (χ1) is 16.3. The Bertz CT molecular complexity index is 901. The van der Waals surface area contributed by atoms with Crippen LogP contribution < -0.4 is 16.0 Å². The van der Waals surface area contributed by atoms with Gasteiger partial charge >= 0.3 is 5.97 Å². The van der Waals surface area contributed by atoms with Crippen LogP contribution in [-0.2, 0) is 14.3 Å². The zero-order valence-corrected chi connectivity index (χ0v) is 21.1. The summed E-state index contributed by atoms with van der Waals surface area (Å²) < 4.78 is 5.13. The molecule has 1 saturated heterocycles. The molecule has 2 aliphatic rings. The second kappa shape index (κ2) is 12.3. The number of carbonyl (C=O) groups excluding carboxylic acids is 4. The third-order valence-electron chi connectivity index (χ3n) is 6.59. The number of thiophene rings is 1.